The maximum Gasteiger partial charge on any atom is 0.303 e. The first-order chi connectivity index (χ1) is 8.27. The topological polar surface area (TPSA) is 43.4 Å². The first-order valence-corrected chi connectivity index (χ1v) is 6.00. The molecule has 1 rings (SSSR count). The predicted molar refractivity (Wildman–Crippen MR) is 71.1 cm³/mol. The summed E-state index contributed by atoms with van der Waals surface area (Å²) in [6.07, 6.45) is 0. The monoisotopic (exact) mass is 248 g/mol. The van der Waals surface area contributed by atoms with Gasteiger partial charge in [-0.25, -0.2) is 0 Å². The van der Waals surface area contributed by atoms with Crippen LogP contribution in [0.15, 0.2) is 0 Å². The van der Waals surface area contributed by atoms with Crippen molar-refractivity contribution in [3.8, 4) is 0 Å². The third-order valence-electron chi connectivity index (χ3n) is 3.69. The van der Waals surface area contributed by atoms with Crippen LogP contribution >= 0.6 is 0 Å². The molecule has 0 unspecified atom stereocenters. The molecule has 0 aliphatic heterocycles. The second kappa shape index (κ2) is 5.34. The van der Waals surface area contributed by atoms with Gasteiger partial charge < -0.3 is 4.74 Å². The molecule has 98 valence electrons. The molecule has 0 N–H and O–H groups in total. The molecule has 0 atom stereocenters. The molecule has 3 heteroatoms. The van der Waals surface area contributed by atoms with Crippen molar-refractivity contribution >= 4 is 11.8 Å². The number of rotatable bonds is 3. The molecule has 0 radical (unpaired) electrons. The van der Waals surface area contributed by atoms with Gasteiger partial charge in [-0.2, -0.15) is 0 Å². The van der Waals surface area contributed by atoms with Crippen LogP contribution in [0.3, 0.4) is 0 Å². The summed E-state index contributed by atoms with van der Waals surface area (Å²) in [5.74, 6) is -0.564. The number of carbonyl (C=O) groups excluding carboxylic acids is 2. The van der Waals surface area contributed by atoms with Gasteiger partial charge in [-0.1, -0.05) is 0 Å². The maximum atomic E-state index is 12.1. The summed E-state index contributed by atoms with van der Waals surface area (Å²) < 4.78 is 4.79. The van der Waals surface area contributed by atoms with Gasteiger partial charge in [-0.3, -0.25) is 9.59 Å². The molecule has 0 aromatic heterocycles. The van der Waals surface area contributed by atoms with Gasteiger partial charge in [0, 0.05) is 12.5 Å². The summed E-state index contributed by atoms with van der Waals surface area (Å²) >= 11 is 0. The van der Waals surface area contributed by atoms with Crippen LogP contribution in [0.4, 0.5) is 0 Å². The van der Waals surface area contributed by atoms with Gasteiger partial charge in [0.1, 0.15) is 0 Å². The predicted octanol–water partition coefficient (Wildman–Crippen LogP) is 2.97. The van der Waals surface area contributed by atoms with Crippen molar-refractivity contribution in [2.75, 3.05) is 6.61 Å². The lowest BCUT2D eigenvalue weighted by Gasteiger charge is -2.17. The van der Waals surface area contributed by atoms with Crippen LogP contribution in [0.2, 0.25) is 0 Å². The van der Waals surface area contributed by atoms with E-state index in [1.807, 2.05) is 27.7 Å². The molecule has 0 fully saturated rings. The highest BCUT2D eigenvalue weighted by atomic mass is 16.5. The summed E-state index contributed by atoms with van der Waals surface area (Å²) in [7, 11) is 0. The fourth-order valence-electron chi connectivity index (χ4n) is 2.16. The zero-order valence-corrected chi connectivity index (χ0v) is 11.9. The third-order valence-corrected chi connectivity index (χ3v) is 3.69. The first-order valence-electron chi connectivity index (χ1n) is 6.00. The van der Waals surface area contributed by atoms with E-state index >= 15 is 0 Å². The molecule has 0 saturated carbocycles. The number of ketones is 1. The summed E-state index contributed by atoms with van der Waals surface area (Å²) in [5, 5.41) is 0. The Morgan fingerprint density at radius 2 is 1.22 bits per heavy atom. The van der Waals surface area contributed by atoms with Crippen LogP contribution in [-0.2, 0) is 9.53 Å². The van der Waals surface area contributed by atoms with Crippen molar-refractivity contribution < 1.29 is 14.3 Å². The molecular formula is C15H20O3. The number of benzene rings is 1. The second-order valence-electron chi connectivity index (χ2n) is 4.70. The normalized spacial score (nSPS) is 10.3. The van der Waals surface area contributed by atoms with E-state index in [-0.39, 0.29) is 12.4 Å². The van der Waals surface area contributed by atoms with Crippen molar-refractivity contribution in [3.05, 3.63) is 33.4 Å². The average molecular weight is 248 g/mol. The average Bonchev–Trinajstić information content (AvgIpc) is 2.31. The van der Waals surface area contributed by atoms with Crippen LogP contribution in [0.5, 0.6) is 0 Å². The SMILES string of the molecule is CC(=O)OCC(=O)c1c(C)c(C)c(C)c(C)c1C. The van der Waals surface area contributed by atoms with Crippen LogP contribution in [0.1, 0.15) is 45.1 Å². The van der Waals surface area contributed by atoms with Crippen molar-refractivity contribution in [1.29, 1.82) is 0 Å². The summed E-state index contributed by atoms with van der Waals surface area (Å²) in [5.41, 5.74) is 6.12. The largest absolute Gasteiger partial charge is 0.457 e. The van der Waals surface area contributed by atoms with E-state index in [4.69, 9.17) is 4.74 Å². The number of carbonyl (C=O) groups is 2. The van der Waals surface area contributed by atoms with Crippen LogP contribution in [0.25, 0.3) is 0 Å². The molecular weight excluding hydrogens is 228 g/mol. The molecule has 0 heterocycles. The zero-order chi connectivity index (χ0) is 14.0. The summed E-state index contributed by atoms with van der Waals surface area (Å²) in [6, 6.07) is 0. The molecule has 0 amide bonds. The third kappa shape index (κ3) is 2.61. The van der Waals surface area contributed by atoms with Crippen molar-refractivity contribution in [3.63, 3.8) is 0 Å². The lowest BCUT2D eigenvalue weighted by molar-refractivity contribution is -0.139. The summed E-state index contributed by atoms with van der Waals surface area (Å²) in [6.45, 7) is 11.1. The minimum atomic E-state index is -0.431. The molecule has 0 bridgehead atoms. The van der Waals surface area contributed by atoms with E-state index in [9.17, 15) is 9.59 Å². The molecule has 18 heavy (non-hydrogen) atoms. The Kier molecular flexibility index (Phi) is 4.28. The molecule has 0 saturated heterocycles. The Morgan fingerprint density at radius 1 is 0.833 bits per heavy atom. The summed E-state index contributed by atoms with van der Waals surface area (Å²) in [4.78, 5) is 22.9. The lowest BCUT2D eigenvalue weighted by Crippen LogP contribution is -2.16. The molecule has 3 nitrogen and oxygen atoms in total. The van der Waals surface area contributed by atoms with Crippen LogP contribution in [0, 0.1) is 34.6 Å². The van der Waals surface area contributed by atoms with E-state index in [0.29, 0.717) is 5.56 Å². The fraction of sp³-hybridized carbons (Fsp3) is 0.467. The van der Waals surface area contributed by atoms with E-state index in [1.54, 1.807) is 0 Å². The van der Waals surface area contributed by atoms with Gasteiger partial charge in [0.15, 0.2) is 6.61 Å². The molecule has 1 aromatic rings. The number of hydrogen-bond donors (Lipinski definition) is 0. The van der Waals surface area contributed by atoms with E-state index in [1.165, 1.54) is 12.5 Å². The van der Waals surface area contributed by atoms with Gasteiger partial charge in [-0.15, -0.1) is 0 Å². The minimum Gasteiger partial charge on any atom is -0.457 e. The van der Waals surface area contributed by atoms with Gasteiger partial charge in [0.2, 0.25) is 5.78 Å². The van der Waals surface area contributed by atoms with Gasteiger partial charge in [0.05, 0.1) is 0 Å². The lowest BCUT2D eigenvalue weighted by atomic mass is 9.88. The van der Waals surface area contributed by atoms with E-state index < -0.39 is 5.97 Å². The van der Waals surface area contributed by atoms with Gasteiger partial charge in [-0.05, 0) is 62.4 Å². The molecule has 0 spiro atoms. The quantitative estimate of drug-likeness (QED) is 0.610. The maximum absolute atomic E-state index is 12.1. The Hall–Kier alpha value is -1.64. The van der Waals surface area contributed by atoms with Crippen LogP contribution < -0.4 is 0 Å². The minimum absolute atomic E-state index is 0.133. The Balaban J connectivity index is 3.24. The van der Waals surface area contributed by atoms with Gasteiger partial charge in [0.25, 0.3) is 0 Å². The second-order valence-corrected chi connectivity index (χ2v) is 4.70. The van der Waals surface area contributed by atoms with Crippen molar-refractivity contribution in [1.82, 2.24) is 0 Å². The number of hydrogen-bond acceptors (Lipinski definition) is 3. The highest BCUT2D eigenvalue weighted by molar-refractivity contribution is 6.01. The van der Waals surface area contributed by atoms with Gasteiger partial charge >= 0.3 is 5.97 Å². The number of esters is 1. The van der Waals surface area contributed by atoms with E-state index in [0.717, 1.165) is 22.3 Å². The van der Waals surface area contributed by atoms with Crippen molar-refractivity contribution in [2.24, 2.45) is 0 Å². The highest BCUT2D eigenvalue weighted by Crippen LogP contribution is 2.26. The Bertz CT molecular complexity index is 484. The molecule has 1 aromatic carbocycles. The Labute approximate surface area is 108 Å². The zero-order valence-electron chi connectivity index (χ0n) is 11.9. The Morgan fingerprint density at radius 3 is 1.61 bits per heavy atom. The smallest absolute Gasteiger partial charge is 0.303 e. The number of ether oxygens (including phenoxy) is 1. The van der Waals surface area contributed by atoms with E-state index in [2.05, 4.69) is 6.92 Å². The first kappa shape index (κ1) is 14.4. The molecule has 0 aliphatic rings. The highest BCUT2D eigenvalue weighted by Gasteiger charge is 2.18. The van der Waals surface area contributed by atoms with Crippen molar-refractivity contribution in [2.45, 2.75) is 41.5 Å². The number of Topliss-reactive ketones (excluding diaryl/α,β-unsaturated/α-hetero) is 1. The van der Waals surface area contributed by atoms with Crippen LogP contribution in [-0.4, -0.2) is 18.4 Å². The fourth-order valence-corrected chi connectivity index (χ4v) is 2.16. The molecule has 0 aliphatic carbocycles. The standard InChI is InChI=1S/C15H20O3/c1-8-9(2)11(4)15(12(5)10(8)3)14(17)7-18-13(6)16/h7H2,1-6H3.